The molecule has 6 aliphatic rings. The predicted octanol–water partition coefficient (Wildman–Crippen LogP) is 7.83. The minimum atomic E-state index is -0.461. The van der Waals surface area contributed by atoms with Crippen molar-refractivity contribution in [3.8, 4) is 17.2 Å². The zero-order valence-electron chi connectivity index (χ0n) is 30.0. The molecule has 53 heavy (non-hydrogen) atoms. The van der Waals surface area contributed by atoms with E-state index in [2.05, 4.69) is 50.4 Å². The van der Waals surface area contributed by atoms with Crippen molar-refractivity contribution in [2.75, 3.05) is 24.5 Å². The molecule has 3 aromatic heterocycles. The number of anilines is 1. The number of amides is 1. The number of aromatic nitrogens is 4. The molecule has 1 N–H and O–H groups in total. The lowest BCUT2D eigenvalue weighted by Crippen LogP contribution is -2.45. The summed E-state index contributed by atoms with van der Waals surface area (Å²) >= 11 is 13.2. The second kappa shape index (κ2) is 12.2. The van der Waals surface area contributed by atoms with Crippen LogP contribution in [0.4, 0.5) is 10.3 Å². The fraction of sp³-hybridized carbons (Fsp3) is 0.463. The second-order valence-corrected chi connectivity index (χ2v) is 16.8. The quantitative estimate of drug-likeness (QED) is 0.182. The van der Waals surface area contributed by atoms with Crippen molar-refractivity contribution in [1.82, 2.24) is 29.3 Å². The lowest BCUT2D eigenvalue weighted by atomic mass is 9.79. The highest BCUT2D eigenvalue weighted by atomic mass is 35.5. The fourth-order valence-electron chi connectivity index (χ4n) is 10.2. The summed E-state index contributed by atoms with van der Waals surface area (Å²) in [5.41, 5.74) is 5.73. The van der Waals surface area contributed by atoms with Gasteiger partial charge in [-0.3, -0.25) is 4.79 Å². The Morgan fingerprint density at radius 1 is 1.11 bits per heavy atom. The van der Waals surface area contributed by atoms with E-state index in [1.54, 1.807) is 18.2 Å². The first-order chi connectivity index (χ1) is 25.6. The third-order valence-electron chi connectivity index (χ3n) is 13.0. The summed E-state index contributed by atoms with van der Waals surface area (Å²) in [7, 11) is 2.06. The number of carbonyl (C=O) groups is 1. The molecule has 6 atom stereocenters. The van der Waals surface area contributed by atoms with Crippen molar-refractivity contribution in [2.24, 2.45) is 24.8 Å². The summed E-state index contributed by atoms with van der Waals surface area (Å²) in [6.45, 7) is 6.51. The Morgan fingerprint density at radius 3 is 2.64 bits per heavy atom. The van der Waals surface area contributed by atoms with Crippen molar-refractivity contribution in [1.29, 1.82) is 5.26 Å². The first-order valence-electron chi connectivity index (χ1n) is 18.9. The Hall–Kier alpha value is -4.17. The molecule has 1 amide bonds. The highest BCUT2D eigenvalue weighted by molar-refractivity contribution is 6.43. The SMILES string of the molecule is Cc1nc2c(F)c(-c3cccc(Cl)c3Cl)c(CCC#N)cc2c2c1cc(C1C3CC(CN(c4ncc(C)n4C)C3)N1C(=O)C1CC1)n2C1C2CNC1C2. The smallest absolute Gasteiger partial charge is 0.226 e. The number of benzene rings is 2. The number of nitrogens with zero attached hydrogens (tertiary/aromatic N) is 7. The summed E-state index contributed by atoms with van der Waals surface area (Å²) in [6.07, 6.45) is 6.41. The first-order valence-corrected chi connectivity index (χ1v) is 19.7. The summed E-state index contributed by atoms with van der Waals surface area (Å²) in [6, 6.07) is 12.2. The Bertz CT molecular complexity index is 2400. The van der Waals surface area contributed by atoms with Gasteiger partial charge in [-0.15, -0.1) is 0 Å². The van der Waals surface area contributed by atoms with Gasteiger partial charge in [0.1, 0.15) is 5.52 Å². The Kier molecular flexibility index (Phi) is 7.67. The molecule has 7 heterocycles. The van der Waals surface area contributed by atoms with Gasteiger partial charge in [-0.2, -0.15) is 5.26 Å². The highest BCUT2D eigenvalue weighted by Crippen LogP contribution is 2.54. The number of nitriles is 1. The van der Waals surface area contributed by atoms with Gasteiger partial charge in [0.05, 0.1) is 46.0 Å². The van der Waals surface area contributed by atoms with Gasteiger partial charge in [0.25, 0.3) is 0 Å². The monoisotopic (exact) mass is 750 g/mol. The van der Waals surface area contributed by atoms with Crippen LogP contribution in [-0.4, -0.2) is 61.6 Å². The van der Waals surface area contributed by atoms with Gasteiger partial charge >= 0.3 is 0 Å². The van der Waals surface area contributed by atoms with Gasteiger partial charge in [-0.1, -0.05) is 35.3 Å². The van der Waals surface area contributed by atoms with Crippen LogP contribution >= 0.6 is 23.2 Å². The molecule has 6 fully saturated rings. The number of imidazole rings is 1. The van der Waals surface area contributed by atoms with Gasteiger partial charge in [-0.05, 0) is 75.6 Å². The molecule has 4 bridgehead atoms. The summed E-state index contributed by atoms with van der Waals surface area (Å²) in [5, 5.41) is 15.7. The zero-order chi connectivity index (χ0) is 36.4. The van der Waals surface area contributed by atoms with Gasteiger partial charge in [0.15, 0.2) is 5.82 Å². The van der Waals surface area contributed by atoms with E-state index in [9.17, 15) is 10.1 Å². The molecule has 9 nitrogen and oxygen atoms in total. The van der Waals surface area contributed by atoms with Crippen LogP contribution in [0.5, 0.6) is 0 Å². The lowest BCUT2D eigenvalue weighted by molar-refractivity contribution is -0.135. The number of hydrogen-bond acceptors (Lipinski definition) is 6. The van der Waals surface area contributed by atoms with Crippen molar-refractivity contribution in [3.05, 3.63) is 75.0 Å². The van der Waals surface area contributed by atoms with Crippen LogP contribution in [-0.2, 0) is 18.3 Å². The number of piperidine rings is 1. The minimum Gasteiger partial charge on any atom is -0.340 e. The molecular weight excluding hydrogens is 710 g/mol. The van der Waals surface area contributed by atoms with Crippen molar-refractivity contribution in [2.45, 2.75) is 76.5 Å². The minimum absolute atomic E-state index is 0.0718. The van der Waals surface area contributed by atoms with Crippen molar-refractivity contribution >= 4 is 56.9 Å². The van der Waals surface area contributed by atoms with E-state index in [1.807, 2.05) is 19.2 Å². The molecule has 2 saturated carbocycles. The maximum Gasteiger partial charge on any atom is 0.226 e. The van der Waals surface area contributed by atoms with E-state index >= 15 is 4.39 Å². The van der Waals surface area contributed by atoms with Crippen molar-refractivity contribution in [3.63, 3.8) is 0 Å². The van der Waals surface area contributed by atoms with E-state index < -0.39 is 5.82 Å². The van der Waals surface area contributed by atoms with Crippen LogP contribution in [0.25, 0.3) is 32.9 Å². The molecule has 4 aliphatic heterocycles. The normalized spacial score (nSPS) is 26.1. The number of fused-ring (bicyclic) bond motifs is 6. The summed E-state index contributed by atoms with van der Waals surface area (Å²) in [5.74, 6) is 1.46. The Labute approximate surface area is 317 Å². The number of carbonyl (C=O) groups excluding carboxylic acids is 1. The molecule has 0 radical (unpaired) electrons. The third kappa shape index (κ3) is 4.92. The van der Waals surface area contributed by atoms with Crippen LogP contribution in [0.3, 0.4) is 0 Å². The Morgan fingerprint density at radius 2 is 1.94 bits per heavy atom. The van der Waals surface area contributed by atoms with Gasteiger partial charge in [-0.25, -0.2) is 14.4 Å². The molecule has 272 valence electrons. The molecule has 5 aromatic rings. The zero-order valence-corrected chi connectivity index (χ0v) is 31.6. The van der Waals surface area contributed by atoms with Gasteiger partial charge in [0, 0.05) is 90.0 Å². The van der Waals surface area contributed by atoms with Gasteiger partial charge in [0.2, 0.25) is 11.9 Å². The number of halogens is 3. The van der Waals surface area contributed by atoms with E-state index in [1.165, 1.54) is 0 Å². The summed E-state index contributed by atoms with van der Waals surface area (Å²) < 4.78 is 22.0. The fourth-order valence-corrected chi connectivity index (χ4v) is 10.6. The standard InChI is InChI=1S/C41H41Cl2FN8O/c1-20-16-47-41(49(20)3)50-18-25-12-26(19-50)51(40(53)22-9-10-22)38(25)32-15-28-21(2)48-36-29(39(28)52(32)37-24-14-31(37)46-17-24)13-23(6-5-11-45)33(35(36)44)27-7-4-8-30(42)34(27)43/h4,7-8,13,15-16,22,24-26,31,37-38,46H,5-6,9-10,12,14,17-19H2,1-3H3. The highest BCUT2D eigenvalue weighted by Gasteiger charge is 2.55. The molecule has 12 heteroatoms. The third-order valence-corrected chi connectivity index (χ3v) is 13.8. The largest absolute Gasteiger partial charge is 0.340 e. The number of pyridine rings is 1. The lowest BCUT2D eigenvalue weighted by Gasteiger charge is -2.40. The van der Waals surface area contributed by atoms with Crippen LogP contribution in [0.1, 0.15) is 66.8 Å². The first kappa shape index (κ1) is 33.4. The number of rotatable bonds is 7. The van der Waals surface area contributed by atoms with E-state index in [4.69, 9.17) is 33.2 Å². The molecule has 2 aliphatic carbocycles. The van der Waals surface area contributed by atoms with Crippen LogP contribution in [0.2, 0.25) is 10.0 Å². The summed E-state index contributed by atoms with van der Waals surface area (Å²) in [4.78, 5) is 28.8. The van der Waals surface area contributed by atoms with Crippen LogP contribution in [0.15, 0.2) is 36.5 Å². The van der Waals surface area contributed by atoms with Gasteiger partial charge < -0.3 is 24.3 Å². The average molecular weight is 752 g/mol. The van der Waals surface area contributed by atoms with E-state index in [0.717, 1.165) is 84.6 Å². The number of nitrogens with one attached hydrogen (secondary N) is 1. The van der Waals surface area contributed by atoms with E-state index in [-0.39, 0.29) is 52.8 Å². The maximum atomic E-state index is 17.3. The molecule has 2 aromatic carbocycles. The molecule has 11 rings (SSSR count). The van der Waals surface area contributed by atoms with Crippen molar-refractivity contribution < 1.29 is 9.18 Å². The topological polar surface area (TPSA) is 95.0 Å². The number of hydrogen-bond donors (Lipinski definition) is 1. The molecule has 6 unspecified atom stereocenters. The molecule has 0 spiro atoms. The van der Waals surface area contributed by atoms with E-state index in [0.29, 0.717) is 40.1 Å². The second-order valence-electron chi connectivity index (χ2n) is 16.1. The molecule has 4 saturated heterocycles. The maximum absolute atomic E-state index is 17.3. The predicted molar refractivity (Wildman–Crippen MR) is 205 cm³/mol. The average Bonchev–Trinajstić information content (AvgIpc) is 3.40. The molecular formula is C41H41Cl2FN8O. The number of aryl methyl sites for hydroxylation is 3. The Balaban J connectivity index is 1.21. The van der Waals surface area contributed by atoms with Crippen LogP contribution < -0.4 is 10.2 Å². The number of likely N-dealkylation sites (tertiary alicyclic amines) is 1. The van der Waals surface area contributed by atoms with Crippen LogP contribution in [0, 0.1) is 48.7 Å².